The number of rotatable bonds is 78. The Morgan fingerprint density at radius 2 is 0.636 bits per heavy atom. The van der Waals surface area contributed by atoms with E-state index in [0.29, 0.717) is 38.0 Å². The van der Waals surface area contributed by atoms with Crippen molar-refractivity contribution in [3.63, 3.8) is 0 Å². The van der Waals surface area contributed by atoms with E-state index >= 15 is 0 Å². The number of aliphatic hydroxyl groups excluding tert-OH is 9. The Bertz CT molecular complexity index is 2470. The summed E-state index contributed by atoms with van der Waals surface area (Å²) in [5.74, 6) is -2.25. The standard InChI is InChI=1S/C92H173O25P/c1-6-10-14-18-22-25-28-31-33-36-38-41-44-51-57-63-75(94)108-68-72(111-77(96)65-59-53-45-42-40-37-34-32-29-26-23-19-15-11-7-2)69-110-118(106,107)117-90-88(115-91-85(104)81(100)79(98)73(67-93)112-91)84(103)83(102)87(114-78(97)66-60-54-46-43-39-35-30-27-24-20-16-12-8-3)89(90)116-92-86(105)82(101)80(99)74(113-92)70-109-76(95)64-58-52-48-47-50-56-62-71(5)61-55-49-21-17-13-9-4/h71-74,79-93,98-105H,6-70H2,1-5H3,(H,106,107). The molecule has 0 aromatic carbocycles. The van der Waals surface area contributed by atoms with E-state index < -0.39 is 162 Å². The number of aliphatic hydroxyl groups is 9. The number of carbonyl (C=O) groups is 4. The van der Waals surface area contributed by atoms with Gasteiger partial charge in [0.25, 0.3) is 0 Å². The van der Waals surface area contributed by atoms with Crippen molar-refractivity contribution in [2.75, 3.05) is 26.4 Å². The third-order valence-corrected chi connectivity index (χ3v) is 25.0. The molecule has 3 fully saturated rings. The summed E-state index contributed by atoms with van der Waals surface area (Å²) < 4.78 is 73.5. The van der Waals surface area contributed by atoms with E-state index in [-0.39, 0.29) is 25.7 Å². The first kappa shape index (κ1) is 110. The van der Waals surface area contributed by atoms with Crippen LogP contribution in [-0.2, 0) is 70.7 Å². The number of phosphoric acid groups is 1. The summed E-state index contributed by atoms with van der Waals surface area (Å²) in [6, 6.07) is 0. The highest BCUT2D eigenvalue weighted by Gasteiger charge is 2.60. The number of hydrogen-bond donors (Lipinski definition) is 10. The molecular weight excluding hydrogens is 1540 g/mol. The van der Waals surface area contributed by atoms with Gasteiger partial charge in [0.15, 0.2) is 24.8 Å². The van der Waals surface area contributed by atoms with Gasteiger partial charge in [-0.1, -0.05) is 375 Å². The van der Waals surface area contributed by atoms with Crippen LogP contribution in [0.3, 0.4) is 0 Å². The fraction of sp³-hybridized carbons (Fsp3) is 0.957. The quantitative estimate of drug-likeness (QED) is 0.0117. The van der Waals surface area contributed by atoms with Crippen molar-refractivity contribution in [3.05, 3.63) is 0 Å². The molecule has 1 aliphatic carbocycles. The second-order valence-corrected chi connectivity index (χ2v) is 36.3. The molecule has 696 valence electrons. The Balaban J connectivity index is 1.91. The van der Waals surface area contributed by atoms with Gasteiger partial charge in [-0.05, 0) is 31.6 Å². The molecule has 19 unspecified atom stereocenters. The average molecular weight is 1710 g/mol. The Kier molecular flexibility index (Phi) is 65.6. The Hall–Kier alpha value is -2.53. The van der Waals surface area contributed by atoms with E-state index in [9.17, 15) is 74.6 Å². The molecule has 1 saturated carbocycles. The minimum Gasteiger partial charge on any atom is -0.463 e. The largest absolute Gasteiger partial charge is 0.472 e. The van der Waals surface area contributed by atoms with Gasteiger partial charge in [-0.3, -0.25) is 28.2 Å². The molecule has 3 rings (SSSR count). The number of carbonyl (C=O) groups excluding carboxylic acids is 4. The summed E-state index contributed by atoms with van der Waals surface area (Å²) in [6.45, 7) is 7.96. The molecule has 0 radical (unpaired) electrons. The van der Waals surface area contributed by atoms with Crippen LogP contribution in [0.25, 0.3) is 0 Å². The van der Waals surface area contributed by atoms with Crippen molar-refractivity contribution < 1.29 is 122 Å². The third-order valence-electron chi connectivity index (χ3n) is 24.0. The van der Waals surface area contributed by atoms with Gasteiger partial charge in [-0.2, -0.15) is 0 Å². The van der Waals surface area contributed by atoms with Gasteiger partial charge in [0.2, 0.25) is 0 Å². The first-order valence-electron chi connectivity index (χ1n) is 48.2. The molecule has 26 heteroatoms. The third kappa shape index (κ3) is 50.6. The molecule has 0 aromatic rings. The highest BCUT2D eigenvalue weighted by atomic mass is 31.2. The molecular formula is C92H173O25P. The molecule has 19 atom stereocenters. The fourth-order valence-corrected chi connectivity index (χ4v) is 17.2. The summed E-state index contributed by atoms with van der Waals surface area (Å²) in [5.41, 5.74) is 0. The molecule has 118 heavy (non-hydrogen) atoms. The Morgan fingerprint density at radius 3 is 1.01 bits per heavy atom. The van der Waals surface area contributed by atoms with Crippen LogP contribution in [0.15, 0.2) is 0 Å². The van der Waals surface area contributed by atoms with Crippen LogP contribution < -0.4 is 0 Å². The first-order chi connectivity index (χ1) is 57.1. The second kappa shape index (κ2) is 70.6. The minimum absolute atomic E-state index is 0.0173. The summed E-state index contributed by atoms with van der Waals surface area (Å²) in [5, 5.41) is 102. The highest BCUT2D eigenvalue weighted by Crippen LogP contribution is 2.49. The number of hydrogen-bond acceptors (Lipinski definition) is 24. The van der Waals surface area contributed by atoms with Crippen LogP contribution in [0.2, 0.25) is 0 Å². The van der Waals surface area contributed by atoms with Gasteiger partial charge in [-0.25, -0.2) is 4.57 Å². The van der Waals surface area contributed by atoms with E-state index in [0.717, 1.165) is 128 Å². The van der Waals surface area contributed by atoms with Crippen LogP contribution >= 0.6 is 7.82 Å². The summed E-state index contributed by atoms with van der Waals surface area (Å²) in [6.07, 6.45) is 26.6. The SMILES string of the molecule is CCCCCCCCCCCCCCCCCC(=O)OCC(COP(=O)(O)OC1C(OC2OC(CO)C(O)C(O)C2O)C(O)C(O)C(OC(=O)CCCCCCCCCCCCCCC)C1OC1OC(COC(=O)CCCCCCCCC(C)CCCCCCCC)C(O)C(O)C1O)OC(=O)CCCCCCCCCCCCCCCCC. The van der Waals surface area contributed by atoms with Crippen molar-refractivity contribution in [3.8, 4) is 0 Å². The van der Waals surface area contributed by atoms with Crippen LogP contribution in [0.1, 0.15) is 426 Å². The van der Waals surface area contributed by atoms with Crippen LogP contribution in [0, 0.1) is 5.92 Å². The average Bonchev–Trinajstić information content (AvgIpc) is 0.751. The monoisotopic (exact) mass is 1710 g/mol. The first-order valence-corrected chi connectivity index (χ1v) is 49.7. The molecule has 2 heterocycles. The zero-order valence-corrected chi connectivity index (χ0v) is 75.3. The number of ether oxygens (including phenoxy) is 8. The maximum absolute atomic E-state index is 14.9. The van der Waals surface area contributed by atoms with Crippen molar-refractivity contribution in [1.29, 1.82) is 0 Å². The van der Waals surface area contributed by atoms with Gasteiger partial charge in [-0.15, -0.1) is 0 Å². The molecule has 25 nitrogen and oxygen atoms in total. The van der Waals surface area contributed by atoms with E-state index in [1.165, 1.54) is 205 Å². The van der Waals surface area contributed by atoms with Gasteiger partial charge in [0.1, 0.15) is 92.6 Å². The highest BCUT2D eigenvalue weighted by molar-refractivity contribution is 7.47. The summed E-state index contributed by atoms with van der Waals surface area (Å²) in [4.78, 5) is 66.5. The number of esters is 4. The van der Waals surface area contributed by atoms with Gasteiger partial charge in [0, 0.05) is 25.7 Å². The number of phosphoric ester groups is 1. The van der Waals surface area contributed by atoms with Crippen molar-refractivity contribution in [2.45, 2.75) is 530 Å². The zero-order valence-electron chi connectivity index (χ0n) is 74.4. The molecule has 0 spiro atoms. The topological polar surface area (TPSA) is 380 Å². The lowest BCUT2D eigenvalue weighted by atomic mass is 9.84. The van der Waals surface area contributed by atoms with Crippen molar-refractivity contribution in [2.24, 2.45) is 5.92 Å². The van der Waals surface area contributed by atoms with E-state index in [4.69, 9.17) is 46.9 Å². The second-order valence-electron chi connectivity index (χ2n) is 34.9. The van der Waals surface area contributed by atoms with E-state index in [1.54, 1.807) is 0 Å². The zero-order chi connectivity index (χ0) is 86.2. The maximum atomic E-state index is 14.9. The van der Waals surface area contributed by atoms with Crippen LogP contribution in [-0.4, -0.2) is 205 Å². The fourth-order valence-electron chi connectivity index (χ4n) is 16.3. The molecule has 0 bridgehead atoms. The van der Waals surface area contributed by atoms with Gasteiger partial charge in [0.05, 0.1) is 13.2 Å². The molecule has 2 aliphatic heterocycles. The van der Waals surface area contributed by atoms with Crippen LogP contribution in [0.4, 0.5) is 0 Å². The van der Waals surface area contributed by atoms with E-state index in [1.807, 2.05) is 0 Å². The Labute approximate surface area is 712 Å². The lowest BCUT2D eigenvalue weighted by Gasteiger charge is -2.50. The molecule has 10 N–H and O–H groups in total. The van der Waals surface area contributed by atoms with Crippen molar-refractivity contribution >= 4 is 31.7 Å². The minimum atomic E-state index is -5.80. The Morgan fingerprint density at radius 1 is 0.331 bits per heavy atom. The van der Waals surface area contributed by atoms with Crippen LogP contribution in [0.5, 0.6) is 0 Å². The van der Waals surface area contributed by atoms with Crippen molar-refractivity contribution in [1.82, 2.24) is 0 Å². The normalized spacial score (nSPS) is 25.1. The van der Waals surface area contributed by atoms with Gasteiger partial charge < -0.3 is 88.7 Å². The smallest absolute Gasteiger partial charge is 0.463 e. The molecule has 3 aliphatic rings. The van der Waals surface area contributed by atoms with Gasteiger partial charge >= 0.3 is 31.7 Å². The molecule has 0 aromatic heterocycles. The lowest BCUT2D eigenvalue weighted by Crippen LogP contribution is -2.70. The molecule has 0 amide bonds. The predicted octanol–water partition coefficient (Wildman–Crippen LogP) is 18.0. The lowest BCUT2D eigenvalue weighted by molar-refractivity contribution is -0.360. The van der Waals surface area contributed by atoms with E-state index in [2.05, 4.69) is 34.6 Å². The summed E-state index contributed by atoms with van der Waals surface area (Å²) in [7, 11) is -5.80. The molecule has 2 saturated heterocycles. The summed E-state index contributed by atoms with van der Waals surface area (Å²) >= 11 is 0. The predicted molar refractivity (Wildman–Crippen MR) is 458 cm³/mol. The number of unbranched alkanes of at least 4 members (excludes halogenated alkanes) is 50. The maximum Gasteiger partial charge on any atom is 0.472 e.